The summed E-state index contributed by atoms with van der Waals surface area (Å²) in [6, 6.07) is 0. The Balaban J connectivity index is 1.94. The molecular weight excluding hydrogens is 218 g/mol. The maximum atomic E-state index is 8.34. The molecule has 0 aromatic carbocycles. The van der Waals surface area contributed by atoms with Crippen LogP contribution in [-0.2, 0) is 6.54 Å². The van der Waals surface area contributed by atoms with Crippen LogP contribution < -0.4 is 11.1 Å². The van der Waals surface area contributed by atoms with Gasteiger partial charge in [-0.05, 0) is 31.9 Å². The van der Waals surface area contributed by atoms with Gasteiger partial charge in [0.1, 0.15) is 5.84 Å². The predicted octanol–water partition coefficient (Wildman–Crippen LogP) is 0.698. The molecule has 1 aromatic rings. The molecule has 1 aromatic heterocycles. The highest BCUT2D eigenvalue weighted by atomic mass is 16.4. The Kier molecular flexibility index (Phi) is 6.09. The number of nitrogens with two attached hydrogens (primary N) is 1. The average Bonchev–Trinajstić information content (AvgIpc) is 2.73. The zero-order valence-corrected chi connectivity index (χ0v) is 10.3. The van der Waals surface area contributed by atoms with E-state index in [1.807, 2.05) is 24.0 Å². The average molecular weight is 239 g/mol. The first-order valence-electron chi connectivity index (χ1n) is 5.88. The third-order valence-corrected chi connectivity index (χ3v) is 2.44. The van der Waals surface area contributed by atoms with Crippen LogP contribution in [-0.4, -0.2) is 33.9 Å². The molecule has 0 atom stereocenters. The van der Waals surface area contributed by atoms with Gasteiger partial charge in [0, 0.05) is 19.2 Å². The minimum absolute atomic E-state index is 0.303. The third-order valence-electron chi connectivity index (χ3n) is 2.44. The first kappa shape index (κ1) is 13.5. The maximum absolute atomic E-state index is 8.34. The number of oxime groups is 1. The van der Waals surface area contributed by atoms with Crippen molar-refractivity contribution >= 4 is 5.84 Å². The number of aromatic nitrogens is 2. The molecule has 0 bridgehead atoms. The summed E-state index contributed by atoms with van der Waals surface area (Å²) in [6.45, 7) is 4.77. The Hall–Kier alpha value is -1.56. The lowest BCUT2D eigenvalue weighted by Crippen LogP contribution is -2.21. The molecule has 0 spiro atoms. The lowest BCUT2D eigenvalue weighted by atomic mass is 10.2. The summed E-state index contributed by atoms with van der Waals surface area (Å²) in [4.78, 5) is 0. The highest BCUT2D eigenvalue weighted by Crippen LogP contribution is 1.94. The molecule has 1 heterocycles. The van der Waals surface area contributed by atoms with Gasteiger partial charge in [-0.1, -0.05) is 5.16 Å². The molecule has 0 aliphatic carbocycles. The van der Waals surface area contributed by atoms with Crippen LogP contribution in [0.2, 0.25) is 0 Å². The van der Waals surface area contributed by atoms with Crippen LogP contribution in [0.15, 0.2) is 17.5 Å². The normalized spacial score (nSPS) is 11.9. The van der Waals surface area contributed by atoms with Gasteiger partial charge in [0.25, 0.3) is 0 Å². The van der Waals surface area contributed by atoms with E-state index in [0.29, 0.717) is 12.3 Å². The van der Waals surface area contributed by atoms with Crippen LogP contribution in [0.3, 0.4) is 0 Å². The largest absolute Gasteiger partial charge is 0.409 e. The summed E-state index contributed by atoms with van der Waals surface area (Å²) in [5.74, 6) is 0.303. The molecule has 0 aliphatic rings. The number of hydrogen-bond donors (Lipinski definition) is 3. The molecule has 0 radical (unpaired) electrons. The smallest absolute Gasteiger partial charge is 0.139 e. The Morgan fingerprint density at radius 1 is 1.53 bits per heavy atom. The van der Waals surface area contributed by atoms with Crippen molar-refractivity contribution < 1.29 is 5.21 Å². The highest BCUT2D eigenvalue weighted by Gasteiger charge is 1.95. The zero-order valence-electron chi connectivity index (χ0n) is 10.3. The lowest BCUT2D eigenvalue weighted by molar-refractivity contribution is 0.316. The summed E-state index contributed by atoms with van der Waals surface area (Å²) in [5, 5.41) is 18.8. The molecule has 96 valence electrons. The Morgan fingerprint density at radius 2 is 2.35 bits per heavy atom. The molecule has 0 amide bonds. The second kappa shape index (κ2) is 7.67. The number of rotatable bonds is 8. The van der Waals surface area contributed by atoms with Crippen molar-refractivity contribution in [2.24, 2.45) is 10.9 Å². The number of amidine groups is 1. The van der Waals surface area contributed by atoms with Crippen LogP contribution in [0, 0.1) is 6.92 Å². The summed E-state index contributed by atoms with van der Waals surface area (Å²) >= 11 is 0. The van der Waals surface area contributed by atoms with Gasteiger partial charge in [-0.25, -0.2) is 0 Å². The molecule has 17 heavy (non-hydrogen) atoms. The molecule has 4 N–H and O–H groups in total. The van der Waals surface area contributed by atoms with Gasteiger partial charge in [-0.3, -0.25) is 4.68 Å². The SMILES string of the molecule is Cc1cnn(CCNCCCCC(N)=NO)c1. The van der Waals surface area contributed by atoms with E-state index in [1.54, 1.807) is 0 Å². The topological polar surface area (TPSA) is 88.5 Å². The van der Waals surface area contributed by atoms with E-state index in [4.69, 9.17) is 10.9 Å². The molecule has 0 saturated heterocycles. The number of unbranched alkanes of at least 4 members (excludes halogenated alkanes) is 1. The van der Waals surface area contributed by atoms with Crippen molar-refractivity contribution in [2.45, 2.75) is 32.7 Å². The van der Waals surface area contributed by atoms with Crippen LogP contribution in [0.4, 0.5) is 0 Å². The standard InChI is InChI=1S/C11H21N5O/c1-10-8-14-16(9-10)7-6-13-5-3-2-4-11(12)15-17/h8-9,13,17H,2-7H2,1H3,(H2,12,15). The highest BCUT2D eigenvalue weighted by molar-refractivity contribution is 5.79. The van der Waals surface area contributed by atoms with Crippen LogP contribution in [0.5, 0.6) is 0 Å². The maximum Gasteiger partial charge on any atom is 0.139 e. The van der Waals surface area contributed by atoms with Gasteiger partial charge in [0.05, 0.1) is 12.7 Å². The predicted molar refractivity (Wildman–Crippen MR) is 67.1 cm³/mol. The van der Waals surface area contributed by atoms with Gasteiger partial charge in [0.2, 0.25) is 0 Å². The van der Waals surface area contributed by atoms with Crippen molar-refractivity contribution in [3.63, 3.8) is 0 Å². The third kappa shape index (κ3) is 5.91. The second-order valence-corrected chi connectivity index (χ2v) is 4.08. The van der Waals surface area contributed by atoms with E-state index < -0.39 is 0 Å². The quantitative estimate of drug-likeness (QED) is 0.205. The fourth-order valence-electron chi connectivity index (χ4n) is 1.51. The van der Waals surface area contributed by atoms with Crippen molar-refractivity contribution in [2.75, 3.05) is 13.1 Å². The number of nitrogens with one attached hydrogen (secondary N) is 1. The van der Waals surface area contributed by atoms with Crippen molar-refractivity contribution in [1.29, 1.82) is 0 Å². The fourth-order valence-corrected chi connectivity index (χ4v) is 1.51. The summed E-state index contributed by atoms with van der Waals surface area (Å²) in [7, 11) is 0. The van der Waals surface area contributed by atoms with E-state index in [0.717, 1.165) is 32.5 Å². The Labute approximate surface area is 101 Å². The first-order valence-corrected chi connectivity index (χ1v) is 5.88. The Morgan fingerprint density at radius 3 is 3.00 bits per heavy atom. The van der Waals surface area contributed by atoms with E-state index in [9.17, 15) is 0 Å². The molecule has 0 aliphatic heterocycles. The van der Waals surface area contributed by atoms with Crippen molar-refractivity contribution in [1.82, 2.24) is 15.1 Å². The molecule has 6 nitrogen and oxygen atoms in total. The molecule has 0 saturated carbocycles. The van der Waals surface area contributed by atoms with E-state index in [-0.39, 0.29) is 0 Å². The van der Waals surface area contributed by atoms with E-state index >= 15 is 0 Å². The van der Waals surface area contributed by atoms with E-state index in [2.05, 4.69) is 15.6 Å². The van der Waals surface area contributed by atoms with Crippen LogP contribution in [0.1, 0.15) is 24.8 Å². The van der Waals surface area contributed by atoms with Crippen LogP contribution in [0.25, 0.3) is 0 Å². The van der Waals surface area contributed by atoms with E-state index in [1.165, 1.54) is 5.56 Å². The van der Waals surface area contributed by atoms with Gasteiger partial charge >= 0.3 is 0 Å². The number of hydrogen-bond acceptors (Lipinski definition) is 4. The second-order valence-electron chi connectivity index (χ2n) is 4.08. The fraction of sp³-hybridized carbons (Fsp3) is 0.636. The summed E-state index contributed by atoms with van der Waals surface area (Å²) in [5.41, 5.74) is 6.54. The minimum Gasteiger partial charge on any atom is -0.409 e. The number of nitrogens with zero attached hydrogens (tertiary/aromatic N) is 3. The number of aryl methyl sites for hydroxylation is 1. The van der Waals surface area contributed by atoms with Gasteiger partial charge in [-0.15, -0.1) is 0 Å². The molecule has 0 fully saturated rings. The minimum atomic E-state index is 0.303. The molecule has 0 unspecified atom stereocenters. The summed E-state index contributed by atoms with van der Waals surface area (Å²) < 4.78 is 1.93. The zero-order chi connectivity index (χ0) is 12.5. The van der Waals surface area contributed by atoms with Crippen molar-refractivity contribution in [3.8, 4) is 0 Å². The molecular formula is C11H21N5O. The van der Waals surface area contributed by atoms with Gasteiger partial charge < -0.3 is 16.3 Å². The van der Waals surface area contributed by atoms with Crippen molar-refractivity contribution in [3.05, 3.63) is 18.0 Å². The van der Waals surface area contributed by atoms with Gasteiger partial charge in [-0.2, -0.15) is 5.10 Å². The van der Waals surface area contributed by atoms with Crippen LogP contribution >= 0.6 is 0 Å². The first-order chi connectivity index (χ1) is 8.22. The Bertz CT molecular complexity index is 347. The lowest BCUT2D eigenvalue weighted by Gasteiger charge is -2.04. The molecule has 1 rings (SSSR count). The molecule has 6 heteroatoms. The summed E-state index contributed by atoms with van der Waals surface area (Å²) in [6.07, 6.45) is 6.49. The monoisotopic (exact) mass is 239 g/mol. The van der Waals surface area contributed by atoms with Gasteiger partial charge in [0.15, 0.2) is 0 Å².